The zero-order chi connectivity index (χ0) is 22.9. The van der Waals surface area contributed by atoms with Crippen LogP contribution in [0.4, 0.5) is 0 Å². The molecule has 33 heavy (non-hydrogen) atoms. The van der Waals surface area contributed by atoms with Crippen LogP contribution in [-0.4, -0.2) is 63.9 Å². The third-order valence-electron chi connectivity index (χ3n) is 8.57. The Labute approximate surface area is 196 Å². The highest BCUT2D eigenvalue weighted by Gasteiger charge is 2.48. The Morgan fingerprint density at radius 3 is 2.36 bits per heavy atom. The number of aromatic nitrogens is 2. The number of ether oxygens (including phenoxy) is 1. The molecule has 1 saturated heterocycles. The molecule has 4 saturated carbocycles. The fourth-order valence-electron chi connectivity index (χ4n) is 7.07. The van der Waals surface area contributed by atoms with Crippen LogP contribution in [0.5, 0.6) is 5.88 Å². The van der Waals surface area contributed by atoms with Crippen molar-refractivity contribution < 1.29 is 19.4 Å². The number of hydrogen-bond donors (Lipinski definition) is 2. The molecule has 5 fully saturated rings. The first-order valence-corrected chi connectivity index (χ1v) is 13.0. The molecule has 0 spiro atoms. The van der Waals surface area contributed by atoms with Crippen LogP contribution in [0.1, 0.15) is 68.6 Å². The largest absolute Gasteiger partial charge is 0.481 e. The van der Waals surface area contributed by atoms with Crippen LogP contribution in [0.2, 0.25) is 0 Å². The first-order chi connectivity index (χ1) is 16.0. The summed E-state index contributed by atoms with van der Waals surface area (Å²) in [5.74, 6) is 2.63. The smallest absolute Gasteiger partial charge is 0.306 e. The summed E-state index contributed by atoms with van der Waals surface area (Å²) in [6.07, 6.45) is 10.4. The predicted molar refractivity (Wildman–Crippen MR) is 123 cm³/mol. The monoisotopic (exact) mass is 458 g/mol. The molecule has 0 unspecified atom stereocenters. The lowest BCUT2D eigenvalue weighted by atomic mass is 9.54. The maximum atomic E-state index is 13.3. The van der Waals surface area contributed by atoms with Crippen LogP contribution in [-0.2, 0) is 11.3 Å². The molecule has 2 N–H and O–H groups in total. The van der Waals surface area contributed by atoms with Gasteiger partial charge in [-0.25, -0.2) is 4.68 Å². The zero-order valence-electron chi connectivity index (χ0n) is 19.7. The first kappa shape index (κ1) is 22.7. The Kier molecular flexibility index (Phi) is 6.63. The van der Waals surface area contributed by atoms with Gasteiger partial charge in [0.05, 0.1) is 25.3 Å². The lowest BCUT2D eigenvalue weighted by Gasteiger charge is -2.54. The molecule has 2 heterocycles. The van der Waals surface area contributed by atoms with Crippen molar-refractivity contribution in [1.29, 1.82) is 0 Å². The molecule has 6 rings (SSSR count). The normalized spacial score (nSPS) is 31.6. The molecule has 5 aliphatic rings. The summed E-state index contributed by atoms with van der Waals surface area (Å²) in [5.41, 5.74) is 0.543. The Morgan fingerprint density at radius 2 is 1.76 bits per heavy atom. The van der Waals surface area contributed by atoms with Gasteiger partial charge in [0.25, 0.3) is 5.91 Å². The molecule has 182 valence electrons. The summed E-state index contributed by atoms with van der Waals surface area (Å²) in [4.78, 5) is 26.8. The number of carboxylic acids is 1. The van der Waals surface area contributed by atoms with Gasteiger partial charge in [0.15, 0.2) is 0 Å². The van der Waals surface area contributed by atoms with E-state index >= 15 is 0 Å². The molecule has 1 aliphatic heterocycles. The molecule has 8 heteroatoms. The van der Waals surface area contributed by atoms with E-state index in [0.717, 1.165) is 37.9 Å². The minimum absolute atomic E-state index is 0.0490. The van der Waals surface area contributed by atoms with Gasteiger partial charge in [-0.3, -0.25) is 9.59 Å². The van der Waals surface area contributed by atoms with E-state index in [1.165, 1.54) is 32.1 Å². The molecular formula is C25H38N4O4. The highest BCUT2D eigenvalue weighted by molar-refractivity contribution is 5.96. The number of hydrogen-bond acceptors (Lipinski definition) is 5. The number of nitrogens with zero attached hydrogens (tertiary/aromatic N) is 3. The minimum atomic E-state index is -0.688. The molecule has 0 aromatic carbocycles. The van der Waals surface area contributed by atoms with E-state index in [1.54, 1.807) is 6.20 Å². The van der Waals surface area contributed by atoms with Crippen molar-refractivity contribution in [2.45, 2.75) is 70.9 Å². The summed E-state index contributed by atoms with van der Waals surface area (Å²) in [6, 6.07) is 0.295. The maximum Gasteiger partial charge on any atom is 0.306 e. The molecule has 1 aromatic heterocycles. The van der Waals surface area contributed by atoms with Gasteiger partial charge < -0.3 is 20.1 Å². The minimum Gasteiger partial charge on any atom is -0.481 e. The summed E-state index contributed by atoms with van der Waals surface area (Å²) < 4.78 is 7.83. The third kappa shape index (κ3) is 4.77. The average Bonchev–Trinajstić information content (AvgIpc) is 3.21. The second kappa shape index (κ2) is 9.65. The molecule has 4 aliphatic carbocycles. The Bertz CT molecular complexity index is 833. The number of carbonyl (C=O) groups excluding carboxylic acids is 1. The van der Waals surface area contributed by atoms with Gasteiger partial charge >= 0.3 is 5.97 Å². The molecular weight excluding hydrogens is 420 g/mol. The summed E-state index contributed by atoms with van der Waals surface area (Å²) in [5, 5.41) is 17.1. The van der Waals surface area contributed by atoms with E-state index in [9.17, 15) is 14.7 Å². The van der Waals surface area contributed by atoms with Gasteiger partial charge in [0, 0.05) is 12.6 Å². The van der Waals surface area contributed by atoms with Crippen LogP contribution in [0.25, 0.3) is 0 Å². The summed E-state index contributed by atoms with van der Waals surface area (Å²) in [7, 11) is 0. The van der Waals surface area contributed by atoms with Crippen LogP contribution in [0.3, 0.4) is 0 Å². The van der Waals surface area contributed by atoms with Crippen molar-refractivity contribution in [3.63, 3.8) is 0 Å². The van der Waals surface area contributed by atoms with E-state index < -0.39 is 5.97 Å². The molecule has 1 aromatic rings. The molecule has 8 nitrogen and oxygen atoms in total. The van der Waals surface area contributed by atoms with Crippen molar-refractivity contribution in [2.75, 3.05) is 26.2 Å². The van der Waals surface area contributed by atoms with Crippen molar-refractivity contribution in [1.82, 2.24) is 20.0 Å². The molecule has 4 bridgehead atoms. The van der Waals surface area contributed by atoms with Crippen LogP contribution in [0.15, 0.2) is 6.20 Å². The number of aliphatic carboxylic acids is 1. The quantitative estimate of drug-likeness (QED) is 0.591. The fraction of sp³-hybridized carbons (Fsp3) is 0.800. The summed E-state index contributed by atoms with van der Waals surface area (Å²) >= 11 is 0. The van der Waals surface area contributed by atoms with Crippen molar-refractivity contribution in [3.05, 3.63) is 11.8 Å². The van der Waals surface area contributed by atoms with E-state index in [2.05, 4.69) is 22.2 Å². The maximum absolute atomic E-state index is 13.3. The lowest BCUT2D eigenvalue weighted by molar-refractivity contribution is -0.143. The number of amides is 1. The number of carbonyl (C=O) groups is 2. The number of piperidine rings is 1. The van der Waals surface area contributed by atoms with E-state index in [0.29, 0.717) is 55.3 Å². The van der Waals surface area contributed by atoms with Crippen LogP contribution in [0, 0.1) is 29.6 Å². The number of carboxylic acid groups (broad SMARTS) is 1. The van der Waals surface area contributed by atoms with Crippen molar-refractivity contribution in [2.24, 2.45) is 29.6 Å². The number of rotatable bonds is 9. The second-order valence-electron chi connectivity index (χ2n) is 10.8. The van der Waals surface area contributed by atoms with Gasteiger partial charge in [-0.1, -0.05) is 6.92 Å². The van der Waals surface area contributed by atoms with Crippen molar-refractivity contribution >= 4 is 11.9 Å². The fourth-order valence-corrected chi connectivity index (χ4v) is 7.07. The van der Waals surface area contributed by atoms with Crippen molar-refractivity contribution in [3.8, 4) is 5.88 Å². The highest BCUT2D eigenvalue weighted by Crippen LogP contribution is 2.53. The van der Waals surface area contributed by atoms with E-state index in [4.69, 9.17) is 4.74 Å². The molecule has 0 radical (unpaired) electrons. The Balaban J connectivity index is 1.22. The lowest BCUT2D eigenvalue weighted by Crippen LogP contribution is -2.55. The van der Waals surface area contributed by atoms with Gasteiger partial charge in [-0.15, -0.1) is 0 Å². The average molecular weight is 459 g/mol. The third-order valence-corrected chi connectivity index (χ3v) is 8.57. The van der Waals surface area contributed by atoms with Gasteiger partial charge in [0.2, 0.25) is 5.88 Å². The van der Waals surface area contributed by atoms with E-state index in [1.807, 2.05) is 4.68 Å². The summed E-state index contributed by atoms with van der Waals surface area (Å²) in [6.45, 7) is 5.57. The number of likely N-dealkylation sites (tertiary alicyclic amines) is 1. The Morgan fingerprint density at radius 1 is 1.09 bits per heavy atom. The second-order valence-corrected chi connectivity index (χ2v) is 10.8. The van der Waals surface area contributed by atoms with Gasteiger partial charge in [0.1, 0.15) is 5.56 Å². The number of nitrogens with one attached hydrogen (secondary N) is 1. The predicted octanol–water partition coefficient (Wildman–Crippen LogP) is 3.02. The van der Waals surface area contributed by atoms with Gasteiger partial charge in [-0.2, -0.15) is 5.10 Å². The first-order valence-electron chi connectivity index (χ1n) is 13.0. The van der Waals surface area contributed by atoms with Gasteiger partial charge in [-0.05, 0) is 88.1 Å². The highest BCUT2D eigenvalue weighted by atomic mass is 16.5. The van der Waals surface area contributed by atoms with Crippen LogP contribution < -0.4 is 10.1 Å². The zero-order valence-corrected chi connectivity index (χ0v) is 19.7. The topological polar surface area (TPSA) is 96.7 Å². The van der Waals surface area contributed by atoms with E-state index in [-0.39, 0.29) is 11.8 Å². The SMILES string of the molecule is CCCOc1c(C(=O)NC2C3CC4CC(C3)CC2C4)cnn1CCN1CCC(C(=O)O)CC1. The molecule has 0 atom stereocenters. The Hall–Kier alpha value is -2.09. The van der Waals surface area contributed by atoms with Crippen LogP contribution >= 0.6 is 0 Å². The standard InChI is InChI=1S/C25H38N4O4/c1-2-9-33-24-21(15-26-29(24)8-7-28-5-3-18(4-6-28)25(31)32)23(30)27-22-19-11-16-10-17(13-19)14-20(22)12-16/h15-20,22H,2-14H2,1H3,(H,27,30)(H,31,32). The molecule has 1 amide bonds.